The lowest BCUT2D eigenvalue weighted by Crippen LogP contribution is -2.54. The number of hydrogen-bond acceptors (Lipinski definition) is 3. The van der Waals surface area contributed by atoms with Gasteiger partial charge in [0.1, 0.15) is 5.82 Å². The van der Waals surface area contributed by atoms with Gasteiger partial charge in [0.15, 0.2) is 0 Å². The first-order chi connectivity index (χ1) is 9.53. The predicted octanol–water partition coefficient (Wildman–Crippen LogP) is 1.72. The molecule has 1 aliphatic heterocycles. The van der Waals surface area contributed by atoms with E-state index in [0.717, 1.165) is 44.6 Å². The third-order valence-electron chi connectivity index (χ3n) is 4.40. The maximum atomic E-state index is 13.4. The van der Waals surface area contributed by atoms with Crippen molar-refractivity contribution in [2.24, 2.45) is 5.73 Å². The molecule has 1 heterocycles. The Labute approximate surface area is 121 Å². The first-order valence-electron chi connectivity index (χ1n) is 7.41. The van der Waals surface area contributed by atoms with Crippen LogP contribution in [0.4, 0.5) is 4.39 Å². The number of nitrogens with zero attached hydrogens (tertiary/aromatic N) is 2. The van der Waals surface area contributed by atoms with E-state index in [-0.39, 0.29) is 11.4 Å². The molecule has 0 spiro atoms. The molecule has 3 nitrogen and oxygen atoms in total. The van der Waals surface area contributed by atoms with Crippen molar-refractivity contribution in [3.63, 3.8) is 0 Å². The van der Waals surface area contributed by atoms with Gasteiger partial charge in [-0.2, -0.15) is 0 Å². The molecule has 0 radical (unpaired) electrons. The largest absolute Gasteiger partial charge is 0.329 e. The van der Waals surface area contributed by atoms with E-state index in [1.54, 1.807) is 12.1 Å². The van der Waals surface area contributed by atoms with E-state index >= 15 is 0 Å². The van der Waals surface area contributed by atoms with Crippen LogP contribution in [0.2, 0.25) is 0 Å². The van der Waals surface area contributed by atoms with Crippen molar-refractivity contribution in [2.75, 3.05) is 39.8 Å². The summed E-state index contributed by atoms with van der Waals surface area (Å²) in [4.78, 5) is 4.83. The van der Waals surface area contributed by atoms with E-state index < -0.39 is 0 Å². The Morgan fingerprint density at radius 1 is 1.25 bits per heavy atom. The fourth-order valence-corrected chi connectivity index (χ4v) is 2.99. The smallest absolute Gasteiger partial charge is 0.123 e. The molecule has 0 aromatic heterocycles. The normalized spacial score (nSPS) is 21.4. The third-order valence-corrected chi connectivity index (χ3v) is 4.40. The molecule has 20 heavy (non-hydrogen) atoms. The maximum Gasteiger partial charge on any atom is 0.123 e. The molecule has 2 rings (SSSR count). The van der Waals surface area contributed by atoms with E-state index in [4.69, 9.17) is 5.73 Å². The first kappa shape index (κ1) is 15.4. The minimum atomic E-state index is -0.169. The van der Waals surface area contributed by atoms with Gasteiger partial charge in [0, 0.05) is 31.7 Å². The molecule has 0 amide bonds. The van der Waals surface area contributed by atoms with Crippen LogP contribution in [0.3, 0.4) is 0 Å². The summed E-state index contributed by atoms with van der Waals surface area (Å²) >= 11 is 0. The fraction of sp³-hybridized carbons (Fsp3) is 0.625. The van der Waals surface area contributed by atoms with Crippen molar-refractivity contribution >= 4 is 0 Å². The van der Waals surface area contributed by atoms with Gasteiger partial charge in [-0.05, 0) is 51.1 Å². The zero-order valence-corrected chi connectivity index (χ0v) is 12.6. The lowest BCUT2D eigenvalue weighted by atomic mass is 9.90. The quantitative estimate of drug-likeness (QED) is 0.911. The molecule has 0 bridgehead atoms. The second-order valence-corrected chi connectivity index (χ2v) is 6.15. The van der Waals surface area contributed by atoms with E-state index in [2.05, 4.69) is 23.8 Å². The SMILES string of the molecule is CN1CCCN(C(C)(CN)Cc2cccc(F)c2)CC1. The van der Waals surface area contributed by atoms with Gasteiger partial charge < -0.3 is 10.6 Å². The Morgan fingerprint density at radius 2 is 2.05 bits per heavy atom. The average Bonchev–Trinajstić information content (AvgIpc) is 2.64. The fourth-order valence-electron chi connectivity index (χ4n) is 2.99. The second kappa shape index (κ2) is 6.66. The van der Waals surface area contributed by atoms with Gasteiger partial charge in [0.25, 0.3) is 0 Å². The highest BCUT2D eigenvalue weighted by Gasteiger charge is 2.31. The molecule has 2 N–H and O–H groups in total. The zero-order chi connectivity index (χ0) is 14.6. The van der Waals surface area contributed by atoms with Crippen molar-refractivity contribution in [3.8, 4) is 0 Å². The molecule has 4 heteroatoms. The monoisotopic (exact) mass is 279 g/mol. The van der Waals surface area contributed by atoms with E-state index in [9.17, 15) is 4.39 Å². The number of halogens is 1. The van der Waals surface area contributed by atoms with Crippen LogP contribution in [-0.4, -0.2) is 55.1 Å². The lowest BCUT2D eigenvalue weighted by molar-refractivity contribution is 0.115. The summed E-state index contributed by atoms with van der Waals surface area (Å²) in [5.74, 6) is -0.169. The molecule has 0 saturated carbocycles. The minimum absolute atomic E-state index is 0.0982. The predicted molar refractivity (Wildman–Crippen MR) is 81.3 cm³/mol. The van der Waals surface area contributed by atoms with Gasteiger partial charge in [0.05, 0.1) is 0 Å². The highest BCUT2D eigenvalue weighted by Crippen LogP contribution is 2.22. The first-order valence-corrected chi connectivity index (χ1v) is 7.41. The zero-order valence-electron chi connectivity index (χ0n) is 12.6. The summed E-state index contributed by atoms with van der Waals surface area (Å²) in [6, 6.07) is 6.88. The lowest BCUT2D eigenvalue weighted by Gasteiger charge is -2.40. The molecular weight excluding hydrogens is 253 g/mol. The Hall–Kier alpha value is -0.970. The number of likely N-dealkylation sites (N-methyl/N-ethyl adjacent to an activating group) is 1. The van der Waals surface area contributed by atoms with Crippen molar-refractivity contribution in [3.05, 3.63) is 35.6 Å². The van der Waals surface area contributed by atoms with Gasteiger partial charge in [-0.3, -0.25) is 4.90 Å². The van der Waals surface area contributed by atoms with E-state index in [1.165, 1.54) is 6.07 Å². The van der Waals surface area contributed by atoms with Crippen LogP contribution in [0.5, 0.6) is 0 Å². The van der Waals surface area contributed by atoms with Crippen molar-refractivity contribution < 1.29 is 4.39 Å². The standard InChI is InChI=1S/C16H26FN3/c1-16(13-18,12-14-5-3-6-15(17)11-14)20-8-4-7-19(2)9-10-20/h3,5-6,11H,4,7-10,12-13,18H2,1-2H3. The molecule has 1 fully saturated rings. The van der Waals surface area contributed by atoms with Crippen LogP contribution in [0, 0.1) is 5.82 Å². The summed E-state index contributed by atoms with van der Waals surface area (Å²) in [6.45, 7) is 7.08. The summed E-state index contributed by atoms with van der Waals surface area (Å²) < 4.78 is 13.4. The highest BCUT2D eigenvalue weighted by molar-refractivity contribution is 5.19. The molecule has 0 aliphatic carbocycles. The van der Waals surface area contributed by atoms with Crippen LogP contribution in [-0.2, 0) is 6.42 Å². The molecular formula is C16H26FN3. The summed E-state index contributed by atoms with van der Waals surface area (Å²) in [5, 5.41) is 0. The summed E-state index contributed by atoms with van der Waals surface area (Å²) in [5.41, 5.74) is 6.99. The van der Waals surface area contributed by atoms with Crippen molar-refractivity contribution in [1.82, 2.24) is 9.80 Å². The second-order valence-electron chi connectivity index (χ2n) is 6.15. The summed E-state index contributed by atoms with van der Waals surface area (Å²) in [6.07, 6.45) is 1.96. The Kier molecular flexibility index (Phi) is 5.13. The molecule has 1 aliphatic rings. The topological polar surface area (TPSA) is 32.5 Å². The van der Waals surface area contributed by atoms with Crippen LogP contribution in [0.1, 0.15) is 18.9 Å². The van der Waals surface area contributed by atoms with Gasteiger partial charge in [-0.15, -0.1) is 0 Å². The van der Waals surface area contributed by atoms with Gasteiger partial charge >= 0.3 is 0 Å². The Bertz CT molecular complexity index is 437. The molecule has 1 aromatic carbocycles. The number of rotatable bonds is 4. The third kappa shape index (κ3) is 3.78. The van der Waals surface area contributed by atoms with Crippen LogP contribution < -0.4 is 5.73 Å². The van der Waals surface area contributed by atoms with Crippen LogP contribution in [0.25, 0.3) is 0 Å². The molecule has 1 aromatic rings. The van der Waals surface area contributed by atoms with Crippen LogP contribution >= 0.6 is 0 Å². The van der Waals surface area contributed by atoms with E-state index in [0.29, 0.717) is 6.54 Å². The van der Waals surface area contributed by atoms with E-state index in [1.807, 2.05) is 6.07 Å². The van der Waals surface area contributed by atoms with Gasteiger partial charge in [-0.1, -0.05) is 12.1 Å². The summed E-state index contributed by atoms with van der Waals surface area (Å²) in [7, 11) is 2.16. The van der Waals surface area contributed by atoms with Crippen molar-refractivity contribution in [2.45, 2.75) is 25.3 Å². The number of hydrogen-bond donors (Lipinski definition) is 1. The minimum Gasteiger partial charge on any atom is -0.329 e. The van der Waals surface area contributed by atoms with Gasteiger partial charge in [-0.25, -0.2) is 4.39 Å². The number of nitrogens with two attached hydrogens (primary N) is 1. The Balaban J connectivity index is 2.11. The van der Waals surface area contributed by atoms with Gasteiger partial charge in [0.2, 0.25) is 0 Å². The Morgan fingerprint density at radius 3 is 2.75 bits per heavy atom. The van der Waals surface area contributed by atoms with Crippen molar-refractivity contribution in [1.29, 1.82) is 0 Å². The molecule has 112 valence electrons. The van der Waals surface area contributed by atoms with Crippen LogP contribution in [0.15, 0.2) is 24.3 Å². The maximum absolute atomic E-state index is 13.4. The average molecular weight is 279 g/mol. The molecule has 1 unspecified atom stereocenters. The number of benzene rings is 1. The molecule has 1 saturated heterocycles. The molecule has 1 atom stereocenters. The highest BCUT2D eigenvalue weighted by atomic mass is 19.1.